The second-order valence-electron chi connectivity index (χ2n) is 6.55. The van der Waals surface area contributed by atoms with Gasteiger partial charge < -0.3 is 9.84 Å². The number of hydrogen-bond donors (Lipinski definition) is 1. The lowest BCUT2D eigenvalue weighted by Gasteiger charge is -2.12. The SMILES string of the molecule is CCCCCOc1cc(-c2cccc(/C=C/C(=O)O)c2)cc2ccccc12. The maximum atomic E-state index is 10.8. The van der Waals surface area contributed by atoms with Gasteiger partial charge in [0.1, 0.15) is 5.75 Å². The molecule has 27 heavy (non-hydrogen) atoms. The quantitative estimate of drug-likeness (QED) is 0.386. The van der Waals surface area contributed by atoms with Crippen molar-refractivity contribution in [3.63, 3.8) is 0 Å². The molecule has 0 bridgehead atoms. The molecule has 3 rings (SSSR count). The third kappa shape index (κ3) is 4.98. The maximum Gasteiger partial charge on any atom is 0.328 e. The van der Waals surface area contributed by atoms with E-state index in [1.807, 2.05) is 36.4 Å². The Kier molecular flexibility index (Phi) is 6.26. The van der Waals surface area contributed by atoms with Gasteiger partial charge in [-0.3, -0.25) is 0 Å². The topological polar surface area (TPSA) is 46.5 Å². The molecule has 0 aromatic heterocycles. The summed E-state index contributed by atoms with van der Waals surface area (Å²) < 4.78 is 6.10. The number of rotatable bonds is 8. The first-order valence-corrected chi connectivity index (χ1v) is 9.34. The molecule has 0 aliphatic carbocycles. The molecule has 0 spiro atoms. The van der Waals surface area contributed by atoms with E-state index in [0.717, 1.165) is 52.1 Å². The molecule has 0 saturated carbocycles. The van der Waals surface area contributed by atoms with Crippen molar-refractivity contribution < 1.29 is 14.6 Å². The van der Waals surface area contributed by atoms with Gasteiger partial charge in [-0.25, -0.2) is 4.79 Å². The van der Waals surface area contributed by atoms with Crippen LogP contribution < -0.4 is 4.74 Å². The Balaban J connectivity index is 1.97. The first-order valence-electron chi connectivity index (χ1n) is 9.34. The van der Waals surface area contributed by atoms with E-state index in [2.05, 4.69) is 31.2 Å². The van der Waals surface area contributed by atoms with Crippen LogP contribution in [0.15, 0.2) is 66.7 Å². The number of carboxylic acids is 1. The number of hydrogen-bond acceptors (Lipinski definition) is 2. The van der Waals surface area contributed by atoms with Crippen molar-refractivity contribution in [1.82, 2.24) is 0 Å². The summed E-state index contributed by atoms with van der Waals surface area (Å²) in [7, 11) is 0. The molecule has 3 aromatic carbocycles. The normalized spacial score (nSPS) is 11.1. The van der Waals surface area contributed by atoms with Crippen LogP contribution in [0.1, 0.15) is 31.7 Å². The van der Waals surface area contributed by atoms with Crippen molar-refractivity contribution in [2.24, 2.45) is 0 Å². The molecule has 0 amide bonds. The zero-order chi connectivity index (χ0) is 19.1. The average molecular weight is 360 g/mol. The van der Waals surface area contributed by atoms with Gasteiger partial charge in [-0.05, 0) is 52.8 Å². The summed E-state index contributed by atoms with van der Waals surface area (Å²) in [6.45, 7) is 2.89. The Hall–Kier alpha value is -3.07. The maximum absolute atomic E-state index is 10.8. The predicted octanol–water partition coefficient (Wildman–Crippen LogP) is 6.17. The van der Waals surface area contributed by atoms with Gasteiger partial charge >= 0.3 is 5.97 Å². The molecule has 0 atom stereocenters. The van der Waals surface area contributed by atoms with E-state index >= 15 is 0 Å². The van der Waals surface area contributed by atoms with Crippen LogP contribution in [0, 0.1) is 0 Å². The zero-order valence-corrected chi connectivity index (χ0v) is 15.5. The van der Waals surface area contributed by atoms with E-state index in [9.17, 15) is 4.79 Å². The average Bonchev–Trinajstić information content (AvgIpc) is 2.69. The number of ether oxygens (including phenoxy) is 1. The molecule has 0 heterocycles. The van der Waals surface area contributed by atoms with Crippen LogP contribution in [-0.2, 0) is 4.79 Å². The molecule has 0 aliphatic rings. The van der Waals surface area contributed by atoms with Crippen molar-refractivity contribution in [2.75, 3.05) is 6.61 Å². The van der Waals surface area contributed by atoms with Gasteiger partial charge in [0.25, 0.3) is 0 Å². The Bertz CT molecular complexity index is 957. The summed E-state index contributed by atoms with van der Waals surface area (Å²) in [6.07, 6.45) is 6.14. The standard InChI is InChI=1S/C24H24O3/c1-2-3-6-14-27-23-17-21(16-20-9-4-5-11-22(20)23)19-10-7-8-18(15-19)12-13-24(25)26/h4-5,7-13,15-17H,2-3,6,14H2,1H3,(H,25,26)/b13-12+. The highest BCUT2D eigenvalue weighted by atomic mass is 16.5. The summed E-state index contributed by atoms with van der Waals surface area (Å²) in [5, 5.41) is 11.1. The molecule has 3 aromatic rings. The van der Waals surface area contributed by atoms with Gasteiger partial charge in [0, 0.05) is 11.5 Å². The van der Waals surface area contributed by atoms with E-state index in [4.69, 9.17) is 9.84 Å². The van der Waals surface area contributed by atoms with Gasteiger partial charge in [-0.1, -0.05) is 62.2 Å². The molecule has 3 heteroatoms. The van der Waals surface area contributed by atoms with Crippen molar-refractivity contribution in [3.05, 3.63) is 72.3 Å². The highest BCUT2D eigenvalue weighted by Crippen LogP contribution is 2.33. The van der Waals surface area contributed by atoms with Crippen LogP contribution in [0.25, 0.3) is 28.0 Å². The largest absolute Gasteiger partial charge is 0.493 e. The van der Waals surface area contributed by atoms with Crippen LogP contribution in [0.4, 0.5) is 0 Å². The van der Waals surface area contributed by atoms with Gasteiger partial charge in [0.2, 0.25) is 0 Å². The molecular weight excluding hydrogens is 336 g/mol. The van der Waals surface area contributed by atoms with Gasteiger partial charge in [-0.2, -0.15) is 0 Å². The minimum atomic E-state index is -0.950. The highest BCUT2D eigenvalue weighted by Gasteiger charge is 2.07. The van der Waals surface area contributed by atoms with Gasteiger partial charge in [0.05, 0.1) is 6.61 Å². The summed E-state index contributed by atoms with van der Waals surface area (Å²) in [5.74, 6) is -0.0560. The molecule has 0 radical (unpaired) electrons. The first-order chi connectivity index (χ1) is 13.2. The molecule has 138 valence electrons. The third-order valence-electron chi connectivity index (χ3n) is 4.47. The number of carbonyl (C=O) groups is 1. The minimum absolute atomic E-state index is 0.711. The van der Waals surface area contributed by atoms with Crippen LogP contribution in [-0.4, -0.2) is 17.7 Å². The van der Waals surface area contributed by atoms with Gasteiger partial charge in [0.15, 0.2) is 0 Å². The van der Waals surface area contributed by atoms with Crippen LogP contribution in [0.2, 0.25) is 0 Å². The highest BCUT2D eigenvalue weighted by molar-refractivity contribution is 5.93. The Morgan fingerprint density at radius 1 is 1.00 bits per heavy atom. The molecule has 0 saturated heterocycles. The second kappa shape index (κ2) is 9.04. The molecule has 0 aliphatic heterocycles. The summed E-state index contributed by atoms with van der Waals surface area (Å²) in [4.78, 5) is 10.8. The Labute approximate surface area is 159 Å². The Morgan fingerprint density at radius 2 is 1.85 bits per heavy atom. The van der Waals surface area contributed by atoms with E-state index < -0.39 is 5.97 Å². The van der Waals surface area contributed by atoms with E-state index in [1.54, 1.807) is 6.08 Å². The second-order valence-corrected chi connectivity index (χ2v) is 6.55. The molecular formula is C24H24O3. The van der Waals surface area contributed by atoms with Crippen LogP contribution >= 0.6 is 0 Å². The van der Waals surface area contributed by atoms with Crippen molar-refractivity contribution in [1.29, 1.82) is 0 Å². The molecule has 3 nitrogen and oxygen atoms in total. The predicted molar refractivity (Wildman–Crippen MR) is 111 cm³/mol. The summed E-state index contributed by atoms with van der Waals surface area (Å²) in [5.41, 5.74) is 2.95. The number of benzene rings is 3. The third-order valence-corrected chi connectivity index (χ3v) is 4.47. The van der Waals surface area contributed by atoms with E-state index in [1.165, 1.54) is 6.42 Å². The number of carboxylic acid groups (broad SMARTS) is 1. The minimum Gasteiger partial charge on any atom is -0.493 e. The summed E-state index contributed by atoms with van der Waals surface area (Å²) >= 11 is 0. The number of unbranched alkanes of at least 4 members (excludes halogenated alkanes) is 2. The van der Waals surface area contributed by atoms with Crippen molar-refractivity contribution in [3.8, 4) is 16.9 Å². The smallest absolute Gasteiger partial charge is 0.328 e. The van der Waals surface area contributed by atoms with Gasteiger partial charge in [-0.15, -0.1) is 0 Å². The van der Waals surface area contributed by atoms with Crippen LogP contribution in [0.3, 0.4) is 0 Å². The lowest BCUT2D eigenvalue weighted by Crippen LogP contribution is -1.98. The zero-order valence-electron chi connectivity index (χ0n) is 15.5. The lowest BCUT2D eigenvalue weighted by atomic mass is 9.99. The molecule has 1 N–H and O–H groups in total. The van der Waals surface area contributed by atoms with E-state index in [-0.39, 0.29) is 0 Å². The van der Waals surface area contributed by atoms with Crippen molar-refractivity contribution >= 4 is 22.8 Å². The number of aliphatic carboxylic acids is 1. The Morgan fingerprint density at radius 3 is 2.67 bits per heavy atom. The van der Waals surface area contributed by atoms with Crippen LogP contribution in [0.5, 0.6) is 5.75 Å². The van der Waals surface area contributed by atoms with E-state index in [0.29, 0.717) is 6.61 Å². The fraction of sp³-hybridized carbons (Fsp3) is 0.208. The van der Waals surface area contributed by atoms with Crippen molar-refractivity contribution in [2.45, 2.75) is 26.2 Å². The fourth-order valence-electron chi connectivity index (χ4n) is 3.09. The lowest BCUT2D eigenvalue weighted by molar-refractivity contribution is -0.131. The fourth-order valence-corrected chi connectivity index (χ4v) is 3.09. The molecule has 0 unspecified atom stereocenters. The number of fused-ring (bicyclic) bond motifs is 1. The first kappa shape index (κ1) is 18.7. The monoisotopic (exact) mass is 360 g/mol. The molecule has 0 fully saturated rings. The summed E-state index contributed by atoms with van der Waals surface area (Å²) in [6, 6.07) is 20.3.